The number of carboxylic acids is 1. The molecule has 0 bridgehead atoms. The molecule has 2 aromatic carbocycles. The first-order valence-corrected chi connectivity index (χ1v) is 5.41. The molecule has 0 spiro atoms. The van der Waals surface area contributed by atoms with Crippen molar-refractivity contribution in [3.05, 3.63) is 58.9 Å². The van der Waals surface area contributed by atoms with Crippen LogP contribution in [0.15, 0.2) is 42.5 Å². The second-order valence-electron chi connectivity index (χ2n) is 3.47. The molecule has 0 aliphatic heterocycles. The lowest BCUT2D eigenvalue weighted by atomic mass is 10.2. The van der Waals surface area contributed by atoms with E-state index in [1.807, 2.05) is 0 Å². The Morgan fingerprint density at radius 2 is 1.83 bits per heavy atom. The summed E-state index contributed by atoms with van der Waals surface area (Å²) >= 11 is 5.80. The second kappa shape index (κ2) is 5.06. The standard InChI is InChI=1S/C13H8ClFO3/c14-10-2-1-3-11(12(10)13(16)17)18-9-6-4-8(15)5-7-9/h1-7H,(H,16,17). The largest absolute Gasteiger partial charge is 0.478 e. The van der Waals surface area contributed by atoms with Gasteiger partial charge in [-0.05, 0) is 36.4 Å². The first-order valence-electron chi connectivity index (χ1n) is 5.03. The normalized spacial score (nSPS) is 10.1. The molecule has 0 unspecified atom stereocenters. The Hall–Kier alpha value is -2.07. The van der Waals surface area contributed by atoms with Crippen molar-refractivity contribution in [2.45, 2.75) is 0 Å². The number of hydrogen-bond donors (Lipinski definition) is 1. The van der Waals surface area contributed by atoms with E-state index < -0.39 is 11.8 Å². The fraction of sp³-hybridized carbons (Fsp3) is 0. The van der Waals surface area contributed by atoms with Gasteiger partial charge in [0.05, 0.1) is 5.02 Å². The molecule has 0 amide bonds. The number of benzene rings is 2. The van der Waals surface area contributed by atoms with E-state index in [2.05, 4.69) is 0 Å². The van der Waals surface area contributed by atoms with Gasteiger partial charge < -0.3 is 9.84 Å². The zero-order chi connectivity index (χ0) is 13.1. The Balaban J connectivity index is 2.37. The molecule has 2 aromatic rings. The number of carboxylic acid groups (broad SMARTS) is 1. The van der Waals surface area contributed by atoms with Gasteiger partial charge in [0.25, 0.3) is 0 Å². The number of carbonyl (C=O) groups is 1. The van der Waals surface area contributed by atoms with E-state index in [0.29, 0.717) is 5.75 Å². The number of rotatable bonds is 3. The van der Waals surface area contributed by atoms with Gasteiger partial charge in [0.2, 0.25) is 0 Å². The van der Waals surface area contributed by atoms with Crippen LogP contribution >= 0.6 is 11.6 Å². The third-order valence-corrected chi connectivity index (χ3v) is 2.55. The van der Waals surface area contributed by atoms with Crippen LogP contribution in [0.25, 0.3) is 0 Å². The van der Waals surface area contributed by atoms with E-state index in [-0.39, 0.29) is 16.3 Å². The second-order valence-corrected chi connectivity index (χ2v) is 3.88. The summed E-state index contributed by atoms with van der Waals surface area (Å²) in [5.41, 5.74) is -0.122. The van der Waals surface area contributed by atoms with Crippen LogP contribution in [-0.2, 0) is 0 Å². The molecular weight excluding hydrogens is 259 g/mol. The molecule has 5 heteroatoms. The van der Waals surface area contributed by atoms with Crippen LogP contribution in [0.2, 0.25) is 5.02 Å². The smallest absolute Gasteiger partial charge is 0.341 e. The van der Waals surface area contributed by atoms with Crippen LogP contribution in [0.1, 0.15) is 10.4 Å². The summed E-state index contributed by atoms with van der Waals surface area (Å²) in [5, 5.41) is 9.13. The van der Waals surface area contributed by atoms with E-state index in [9.17, 15) is 9.18 Å². The van der Waals surface area contributed by atoms with Crippen molar-refractivity contribution >= 4 is 17.6 Å². The molecule has 18 heavy (non-hydrogen) atoms. The molecule has 0 aliphatic carbocycles. The summed E-state index contributed by atoms with van der Waals surface area (Å²) in [5.74, 6) is -1.13. The van der Waals surface area contributed by atoms with Gasteiger partial charge in [-0.3, -0.25) is 0 Å². The van der Waals surface area contributed by atoms with Crippen molar-refractivity contribution in [2.75, 3.05) is 0 Å². The lowest BCUT2D eigenvalue weighted by molar-refractivity contribution is 0.0694. The highest BCUT2D eigenvalue weighted by atomic mass is 35.5. The van der Waals surface area contributed by atoms with Gasteiger partial charge in [0, 0.05) is 0 Å². The van der Waals surface area contributed by atoms with Gasteiger partial charge in [0.1, 0.15) is 22.9 Å². The fourth-order valence-corrected chi connectivity index (χ4v) is 1.67. The Labute approximate surface area is 107 Å². The monoisotopic (exact) mass is 266 g/mol. The van der Waals surface area contributed by atoms with E-state index in [1.54, 1.807) is 6.07 Å². The van der Waals surface area contributed by atoms with Crippen molar-refractivity contribution in [1.82, 2.24) is 0 Å². The molecule has 0 fully saturated rings. The summed E-state index contributed by atoms with van der Waals surface area (Å²) in [6, 6.07) is 9.78. The van der Waals surface area contributed by atoms with Crippen LogP contribution < -0.4 is 4.74 Å². The topological polar surface area (TPSA) is 46.5 Å². The van der Waals surface area contributed by atoms with Crippen LogP contribution in [0.4, 0.5) is 4.39 Å². The van der Waals surface area contributed by atoms with Gasteiger partial charge in [-0.15, -0.1) is 0 Å². The lowest BCUT2D eigenvalue weighted by Crippen LogP contribution is -2.01. The third-order valence-electron chi connectivity index (χ3n) is 2.23. The quantitative estimate of drug-likeness (QED) is 0.914. The van der Waals surface area contributed by atoms with Crippen molar-refractivity contribution < 1.29 is 19.0 Å². The molecule has 0 atom stereocenters. The number of halogens is 2. The minimum absolute atomic E-state index is 0.0853. The summed E-state index contributed by atoms with van der Waals surface area (Å²) in [4.78, 5) is 11.1. The zero-order valence-corrected chi connectivity index (χ0v) is 9.82. The van der Waals surface area contributed by atoms with Crippen LogP contribution in [0.5, 0.6) is 11.5 Å². The maximum Gasteiger partial charge on any atom is 0.341 e. The van der Waals surface area contributed by atoms with E-state index >= 15 is 0 Å². The van der Waals surface area contributed by atoms with Gasteiger partial charge in [-0.2, -0.15) is 0 Å². The number of hydrogen-bond acceptors (Lipinski definition) is 2. The van der Waals surface area contributed by atoms with Gasteiger partial charge in [-0.1, -0.05) is 17.7 Å². The minimum Gasteiger partial charge on any atom is -0.478 e. The first-order chi connectivity index (χ1) is 8.58. The van der Waals surface area contributed by atoms with Gasteiger partial charge in [0.15, 0.2) is 0 Å². The zero-order valence-electron chi connectivity index (χ0n) is 9.06. The number of aromatic carboxylic acids is 1. The van der Waals surface area contributed by atoms with Crippen LogP contribution in [0, 0.1) is 5.82 Å². The fourth-order valence-electron chi connectivity index (χ4n) is 1.43. The molecule has 0 aromatic heterocycles. The first kappa shape index (κ1) is 12.4. The van der Waals surface area contributed by atoms with Gasteiger partial charge in [-0.25, -0.2) is 9.18 Å². The molecule has 0 heterocycles. The Morgan fingerprint density at radius 1 is 1.17 bits per heavy atom. The highest BCUT2D eigenvalue weighted by Gasteiger charge is 2.16. The van der Waals surface area contributed by atoms with Crippen molar-refractivity contribution in [3.63, 3.8) is 0 Å². The highest BCUT2D eigenvalue weighted by molar-refractivity contribution is 6.33. The molecule has 1 N–H and O–H groups in total. The van der Waals surface area contributed by atoms with Gasteiger partial charge >= 0.3 is 5.97 Å². The molecular formula is C13H8ClFO3. The summed E-state index contributed by atoms with van der Waals surface area (Å²) in [6.07, 6.45) is 0. The lowest BCUT2D eigenvalue weighted by Gasteiger charge is -2.09. The molecule has 92 valence electrons. The maximum atomic E-state index is 12.7. The summed E-state index contributed by atoms with van der Waals surface area (Å²) in [7, 11) is 0. The SMILES string of the molecule is O=C(O)c1c(Cl)cccc1Oc1ccc(F)cc1. The maximum absolute atomic E-state index is 12.7. The average Bonchev–Trinajstić information content (AvgIpc) is 2.32. The minimum atomic E-state index is -1.18. The number of ether oxygens (including phenoxy) is 1. The van der Waals surface area contributed by atoms with Crippen LogP contribution in [-0.4, -0.2) is 11.1 Å². The summed E-state index contributed by atoms with van der Waals surface area (Å²) < 4.78 is 18.1. The Bertz CT molecular complexity index is 581. The van der Waals surface area contributed by atoms with E-state index in [0.717, 1.165) is 0 Å². The Kier molecular flexibility index (Phi) is 3.48. The Morgan fingerprint density at radius 3 is 2.44 bits per heavy atom. The average molecular weight is 267 g/mol. The highest BCUT2D eigenvalue weighted by Crippen LogP contribution is 2.30. The molecule has 0 radical (unpaired) electrons. The van der Waals surface area contributed by atoms with Crippen LogP contribution in [0.3, 0.4) is 0 Å². The molecule has 0 saturated heterocycles. The summed E-state index contributed by atoms with van der Waals surface area (Å²) in [6.45, 7) is 0. The van der Waals surface area contributed by atoms with Crippen molar-refractivity contribution in [3.8, 4) is 11.5 Å². The predicted octanol–water partition coefficient (Wildman–Crippen LogP) is 3.97. The van der Waals surface area contributed by atoms with E-state index in [1.165, 1.54) is 36.4 Å². The predicted molar refractivity (Wildman–Crippen MR) is 64.9 cm³/mol. The molecule has 0 saturated carbocycles. The van der Waals surface area contributed by atoms with Crippen molar-refractivity contribution in [2.24, 2.45) is 0 Å². The molecule has 0 aliphatic rings. The molecule has 2 rings (SSSR count). The van der Waals surface area contributed by atoms with Crippen molar-refractivity contribution in [1.29, 1.82) is 0 Å². The third kappa shape index (κ3) is 2.60. The van der Waals surface area contributed by atoms with E-state index in [4.69, 9.17) is 21.4 Å². The molecule has 3 nitrogen and oxygen atoms in total.